The first-order valence-electron chi connectivity index (χ1n) is 11.1. The minimum Gasteiger partial charge on any atom is -0.444 e. The summed E-state index contributed by atoms with van der Waals surface area (Å²) in [7, 11) is 0. The van der Waals surface area contributed by atoms with Crippen LogP contribution in [0.3, 0.4) is 0 Å². The van der Waals surface area contributed by atoms with Crippen LogP contribution in [0.1, 0.15) is 59.4 Å². The fraction of sp³-hybridized carbons (Fsp3) is 0.609. The van der Waals surface area contributed by atoms with Crippen LogP contribution in [0.15, 0.2) is 29.3 Å². The fourth-order valence-electron chi connectivity index (χ4n) is 3.33. The van der Waals surface area contributed by atoms with Gasteiger partial charge in [0.25, 0.3) is 0 Å². The summed E-state index contributed by atoms with van der Waals surface area (Å²) in [6.45, 7) is 12.3. The summed E-state index contributed by atoms with van der Waals surface area (Å²) in [4.78, 5) is 30.8. The normalized spacial score (nSPS) is 16.7. The van der Waals surface area contributed by atoms with Gasteiger partial charge in [0.1, 0.15) is 5.60 Å². The van der Waals surface area contributed by atoms with Gasteiger partial charge in [0.2, 0.25) is 5.91 Å². The second kappa shape index (κ2) is 11.6. The molecule has 1 aliphatic rings. The molecule has 1 aromatic carbocycles. The number of aliphatic imine (C=N–C) groups is 1. The fourth-order valence-corrected chi connectivity index (χ4v) is 3.33. The largest absolute Gasteiger partial charge is 0.444 e. The summed E-state index contributed by atoms with van der Waals surface area (Å²) < 4.78 is 5.36. The highest BCUT2D eigenvalue weighted by molar-refractivity contribution is 5.90. The van der Waals surface area contributed by atoms with Crippen molar-refractivity contribution >= 4 is 23.6 Å². The summed E-state index contributed by atoms with van der Waals surface area (Å²) in [6.07, 6.45) is 1.79. The molecule has 1 unspecified atom stereocenters. The number of nitrogens with one attached hydrogen (secondary N) is 3. The first-order valence-corrected chi connectivity index (χ1v) is 11.1. The number of amides is 2. The molecule has 1 aliphatic heterocycles. The average molecular weight is 432 g/mol. The van der Waals surface area contributed by atoms with Crippen molar-refractivity contribution in [1.29, 1.82) is 0 Å². The zero-order chi connectivity index (χ0) is 22.9. The van der Waals surface area contributed by atoms with Crippen molar-refractivity contribution in [2.75, 3.05) is 25.0 Å². The molecule has 1 aromatic rings. The molecule has 0 radical (unpaired) electrons. The Morgan fingerprint density at radius 1 is 1.26 bits per heavy atom. The molecule has 8 nitrogen and oxygen atoms in total. The number of anilines is 1. The molecule has 0 bridgehead atoms. The van der Waals surface area contributed by atoms with Crippen molar-refractivity contribution in [1.82, 2.24) is 15.5 Å². The van der Waals surface area contributed by atoms with Gasteiger partial charge in [-0.1, -0.05) is 19.1 Å². The smallest absolute Gasteiger partial charge is 0.407 e. The lowest BCUT2D eigenvalue weighted by Crippen LogP contribution is -2.44. The van der Waals surface area contributed by atoms with Crippen LogP contribution in [0.2, 0.25) is 0 Å². The van der Waals surface area contributed by atoms with Crippen LogP contribution >= 0.6 is 0 Å². The summed E-state index contributed by atoms with van der Waals surface area (Å²) in [5, 5.41) is 9.20. The van der Waals surface area contributed by atoms with Crippen molar-refractivity contribution in [3.8, 4) is 0 Å². The third-order valence-electron chi connectivity index (χ3n) is 4.64. The van der Waals surface area contributed by atoms with Crippen LogP contribution < -0.4 is 16.0 Å². The highest BCUT2D eigenvalue weighted by Crippen LogP contribution is 2.15. The van der Waals surface area contributed by atoms with Gasteiger partial charge < -0.3 is 25.6 Å². The topological polar surface area (TPSA) is 95.1 Å². The van der Waals surface area contributed by atoms with E-state index in [2.05, 4.69) is 20.9 Å². The predicted molar refractivity (Wildman–Crippen MR) is 124 cm³/mol. The van der Waals surface area contributed by atoms with Crippen molar-refractivity contribution in [2.24, 2.45) is 4.99 Å². The molecule has 1 heterocycles. The van der Waals surface area contributed by atoms with Gasteiger partial charge in [-0.2, -0.15) is 0 Å². The number of rotatable bonds is 7. The third-order valence-corrected chi connectivity index (χ3v) is 4.64. The monoisotopic (exact) mass is 431 g/mol. The number of benzene rings is 1. The van der Waals surface area contributed by atoms with Gasteiger partial charge in [-0.3, -0.25) is 4.79 Å². The Bertz CT molecular complexity index is 773. The van der Waals surface area contributed by atoms with Gasteiger partial charge in [0, 0.05) is 31.7 Å². The summed E-state index contributed by atoms with van der Waals surface area (Å²) >= 11 is 0. The number of hydrogen-bond donors (Lipinski definition) is 3. The number of carbonyl (C=O) groups excluding carboxylic acids is 2. The molecule has 1 atom stereocenters. The van der Waals surface area contributed by atoms with Gasteiger partial charge >= 0.3 is 6.09 Å². The zero-order valence-corrected chi connectivity index (χ0v) is 19.5. The van der Waals surface area contributed by atoms with Gasteiger partial charge in [-0.15, -0.1) is 0 Å². The summed E-state index contributed by atoms with van der Waals surface area (Å²) in [6, 6.07) is 7.79. The van der Waals surface area contributed by atoms with E-state index in [0.29, 0.717) is 19.5 Å². The van der Waals surface area contributed by atoms with Crippen molar-refractivity contribution < 1.29 is 14.3 Å². The zero-order valence-electron chi connectivity index (χ0n) is 19.5. The van der Waals surface area contributed by atoms with Crippen LogP contribution in [-0.4, -0.2) is 54.1 Å². The van der Waals surface area contributed by atoms with Gasteiger partial charge in [-0.05, 0) is 58.2 Å². The first kappa shape index (κ1) is 24.5. The lowest BCUT2D eigenvalue weighted by molar-refractivity contribution is -0.116. The van der Waals surface area contributed by atoms with E-state index in [1.165, 1.54) is 0 Å². The Labute approximate surface area is 185 Å². The second-order valence-corrected chi connectivity index (χ2v) is 8.75. The maximum absolute atomic E-state index is 12.0. The van der Waals surface area contributed by atoms with Crippen LogP contribution in [0, 0.1) is 0 Å². The Morgan fingerprint density at radius 3 is 2.71 bits per heavy atom. The van der Waals surface area contributed by atoms with Crippen LogP contribution in [-0.2, 0) is 16.1 Å². The van der Waals surface area contributed by atoms with Crippen molar-refractivity contribution in [3.63, 3.8) is 0 Å². The molecular weight excluding hydrogens is 394 g/mol. The van der Waals surface area contributed by atoms with Gasteiger partial charge in [0.15, 0.2) is 5.96 Å². The number of guanidine groups is 1. The molecule has 172 valence electrons. The maximum atomic E-state index is 12.0. The molecule has 0 aliphatic carbocycles. The van der Waals surface area contributed by atoms with E-state index < -0.39 is 5.60 Å². The lowest BCUT2D eigenvalue weighted by Gasteiger charge is -2.23. The number of nitrogens with zero attached hydrogens (tertiary/aromatic N) is 2. The number of alkyl carbamates (subject to hydrolysis) is 1. The first-order chi connectivity index (χ1) is 14.7. The minimum atomic E-state index is -0.511. The van der Waals surface area contributed by atoms with Crippen LogP contribution in [0.4, 0.5) is 10.5 Å². The lowest BCUT2D eigenvalue weighted by atomic mass is 10.2. The Hall–Kier alpha value is -2.77. The number of carbonyl (C=O) groups is 2. The van der Waals surface area contributed by atoms with Crippen LogP contribution in [0.5, 0.6) is 0 Å². The number of ether oxygens (including phenoxy) is 1. The molecule has 31 heavy (non-hydrogen) atoms. The van der Waals surface area contributed by atoms with Crippen molar-refractivity contribution in [2.45, 2.75) is 72.1 Å². The standard InChI is InChI=1S/C23H37N5O3/c1-6-9-20(29)26-18-11-8-10-17(14-18)15-25-21(24-7-2)28-13-12-19(16-28)27-22(30)31-23(3,4)5/h8,10-11,14,19H,6-7,9,12-13,15-16H2,1-5H3,(H,24,25)(H,26,29)(H,27,30). The second-order valence-electron chi connectivity index (χ2n) is 8.75. The van der Waals surface area contributed by atoms with E-state index in [-0.39, 0.29) is 18.0 Å². The maximum Gasteiger partial charge on any atom is 0.407 e. The van der Waals surface area contributed by atoms with E-state index in [1.54, 1.807) is 0 Å². The minimum absolute atomic E-state index is 0.0239. The molecule has 0 aromatic heterocycles. The molecular formula is C23H37N5O3. The van der Waals surface area contributed by atoms with E-state index >= 15 is 0 Å². The van der Waals surface area contributed by atoms with Crippen LogP contribution in [0.25, 0.3) is 0 Å². The Balaban J connectivity index is 1.96. The molecule has 0 saturated carbocycles. The Kier molecular flexibility index (Phi) is 9.15. The molecule has 3 N–H and O–H groups in total. The molecule has 2 rings (SSSR count). The quantitative estimate of drug-likeness (QED) is 0.454. The third kappa shape index (κ3) is 8.86. The molecule has 1 fully saturated rings. The van der Waals surface area contributed by atoms with E-state index in [9.17, 15) is 9.59 Å². The highest BCUT2D eigenvalue weighted by Gasteiger charge is 2.27. The van der Waals surface area contributed by atoms with E-state index in [0.717, 1.165) is 43.1 Å². The van der Waals surface area contributed by atoms with E-state index in [4.69, 9.17) is 9.73 Å². The Morgan fingerprint density at radius 2 is 2.03 bits per heavy atom. The number of likely N-dealkylation sites (tertiary alicyclic amines) is 1. The highest BCUT2D eigenvalue weighted by atomic mass is 16.6. The molecule has 2 amide bonds. The SMILES string of the molecule is CCCC(=O)Nc1cccc(CN=C(NCC)N2CCC(NC(=O)OC(C)(C)C)C2)c1. The van der Waals surface area contributed by atoms with Crippen molar-refractivity contribution in [3.05, 3.63) is 29.8 Å². The summed E-state index contributed by atoms with van der Waals surface area (Å²) in [5.74, 6) is 0.841. The molecule has 0 spiro atoms. The predicted octanol–water partition coefficient (Wildman–Crippen LogP) is 3.49. The summed E-state index contributed by atoms with van der Waals surface area (Å²) in [5.41, 5.74) is 1.30. The van der Waals surface area contributed by atoms with Gasteiger partial charge in [0.05, 0.1) is 12.6 Å². The van der Waals surface area contributed by atoms with Gasteiger partial charge in [-0.25, -0.2) is 9.79 Å². The molecule has 1 saturated heterocycles. The molecule has 8 heteroatoms. The van der Waals surface area contributed by atoms with E-state index in [1.807, 2.05) is 58.9 Å². The average Bonchev–Trinajstić information content (AvgIpc) is 3.12. The number of hydrogen-bond acceptors (Lipinski definition) is 4.